The molecule has 0 amide bonds. The maximum absolute atomic E-state index is 11.3. The van der Waals surface area contributed by atoms with E-state index < -0.39 is 5.97 Å². The van der Waals surface area contributed by atoms with Crippen molar-refractivity contribution in [3.63, 3.8) is 0 Å². The predicted octanol–water partition coefficient (Wildman–Crippen LogP) is 8.63. The van der Waals surface area contributed by atoms with Gasteiger partial charge in [-0.2, -0.15) is 0 Å². The Balaban J connectivity index is 1.79. The number of methoxy groups -OCH3 is 1. The highest BCUT2D eigenvalue weighted by Crippen LogP contribution is 2.39. The summed E-state index contributed by atoms with van der Waals surface area (Å²) in [6.07, 6.45) is 10.3. The zero-order valence-electron chi connectivity index (χ0n) is 20.6. The molecule has 3 aromatic rings. The molecule has 0 spiro atoms. The van der Waals surface area contributed by atoms with E-state index in [1.165, 1.54) is 50.5 Å². The van der Waals surface area contributed by atoms with Crippen LogP contribution in [0.15, 0.2) is 54.6 Å². The van der Waals surface area contributed by atoms with E-state index in [0.29, 0.717) is 5.56 Å². The summed E-state index contributed by atoms with van der Waals surface area (Å²) in [5, 5.41) is 11.2. The van der Waals surface area contributed by atoms with Crippen LogP contribution < -0.4 is 4.74 Å². The average molecular weight is 447 g/mol. The first-order valence-corrected chi connectivity index (χ1v) is 12.3. The van der Waals surface area contributed by atoms with Gasteiger partial charge in [-0.05, 0) is 64.1 Å². The standard InChI is InChI=1S/C30H38O3/c1-5-6-7-8-9-10-11-18-30(2,3)27-21-25(16-17-28(27)33-4)23-12-13-24-20-26(29(31)32)15-14-22(24)19-23/h12-17,19-21H,5-11,18H2,1-4H3,(H,31,32). The van der Waals surface area contributed by atoms with Crippen LogP contribution in [0.4, 0.5) is 0 Å². The summed E-state index contributed by atoms with van der Waals surface area (Å²) in [6, 6.07) is 18.0. The maximum Gasteiger partial charge on any atom is 0.335 e. The molecular weight excluding hydrogens is 408 g/mol. The lowest BCUT2D eigenvalue weighted by Crippen LogP contribution is -2.18. The minimum atomic E-state index is -0.899. The summed E-state index contributed by atoms with van der Waals surface area (Å²) >= 11 is 0. The molecule has 0 aliphatic heterocycles. The van der Waals surface area contributed by atoms with Gasteiger partial charge in [-0.25, -0.2) is 4.79 Å². The Labute approximate surface area is 198 Å². The van der Waals surface area contributed by atoms with Crippen LogP contribution in [0.3, 0.4) is 0 Å². The Morgan fingerprint density at radius 1 is 0.818 bits per heavy atom. The molecule has 3 rings (SSSR count). The van der Waals surface area contributed by atoms with Crippen molar-refractivity contribution < 1.29 is 14.6 Å². The van der Waals surface area contributed by atoms with E-state index in [2.05, 4.69) is 51.1 Å². The van der Waals surface area contributed by atoms with Gasteiger partial charge in [-0.3, -0.25) is 0 Å². The predicted molar refractivity (Wildman–Crippen MR) is 139 cm³/mol. The third-order valence-corrected chi connectivity index (χ3v) is 6.75. The molecule has 0 bridgehead atoms. The molecule has 3 heteroatoms. The van der Waals surface area contributed by atoms with Crippen molar-refractivity contribution in [2.24, 2.45) is 0 Å². The molecule has 33 heavy (non-hydrogen) atoms. The van der Waals surface area contributed by atoms with E-state index in [9.17, 15) is 9.90 Å². The molecule has 0 radical (unpaired) electrons. The van der Waals surface area contributed by atoms with Gasteiger partial charge in [-0.15, -0.1) is 0 Å². The van der Waals surface area contributed by atoms with E-state index in [1.807, 2.05) is 12.1 Å². The molecule has 3 aromatic carbocycles. The molecule has 0 atom stereocenters. The second-order valence-corrected chi connectivity index (χ2v) is 9.75. The highest BCUT2D eigenvalue weighted by Gasteiger charge is 2.24. The zero-order valence-corrected chi connectivity index (χ0v) is 20.6. The van der Waals surface area contributed by atoms with Gasteiger partial charge in [0.05, 0.1) is 12.7 Å². The number of hydrogen-bond donors (Lipinski definition) is 1. The van der Waals surface area contributed by atoms with Gasteiger partial charge in [0.1, 0.15) is 5.75 Å². The summed E-state index contributed by atoms with van der Waals surface area (Å²) in [7, 11) is 1.75. The number of ether oxygens (including phenoxy) is 1. The number of carboxylic acids is 1. The molecule has 3 nitrogen and oxygen atoms in total. The fourth-order valence-corrected chi connectivity index (χ4v) is 4.63. The van der Waals surface area contributed by atoms with Crippen LogP contribution in [0, 0.1) is 0 Å². The van der Waals surface area contributed by atoms with E-state index in [-0.39, 0.29) is 5.41 Å². The molecule has 176 valence electrons. The fourth-order valence-electron chi connectivity index (χ4n) is 4.63. The minimum absolute atomic E-state index is 0.0258. The lowest BCUT2D eigenvalue weighted by Gasteiger charge is -2.28. The van der Waals surface area contributed by atoms with Crippen molar-refractivity contribution in [3.05, 3.63) is 65.7 Å². The normalized spacial score (nSPS) is 11.6. The fraction of sp³-hybridized carbons (Fsp3) is 0.433. The van der Waals surface area contributed by atoms with Crippen LogP contribution in [0.1, 0.15) is 88.1 Å². The third-order valence-electron chi connectivity index (χ3n) is 6.75. The Hall–Kier alpha value is -2.81. The topological polar surface area (TPSA) is 46.5 Å². The van der Waals surface area contributed by atoms with Gasteiger partial charge < -0.3 is 9.84 Å². The molecule has 0 saturated carbocycles. The van der Waals surface area contributed by atoms with Gasteiger partial charge in [0.15, 0.2) is 0 Å². The first-order valence-electron chi connectivity index (χ1n) is 12.3. The zero-order chi connectivity index (χ0) is 23.8. The average Bonchev–Trinajstić information content (AvgIpc) is 2.82. The largest absolute Gasteiger partial charge is 0.496 e. The van der Waals surface area contributed by atoms with Gasteiger partial charge in [0.25, 0.3) is 0 Å². The molecule has 0 aliphatic rings. The number of aromatic carboxylic acids is 1. The lowest BCUT2D eigenvalue weighted by molar-refractivity contribution is 0.0697. The Morgan fingerprint density at radius 2 is 1.42 bits per heavy atom. The first-order chi connectivity index (χ1) is 15.9. The summed E-state index contributed by atoms with van der Waals surface area (Å²) in [6.45, 7) is 6.90. The van der Waals surface area contributed by atoms with Crippen molar-refractivity contribution >= 4 is 16.7 Å². The number of fused-ring (bicyclic) bond motifs is 1. The molecule has 0 heterocycles. The second-order valence-electron chi connectivity index (χ2n) is 9.75. The number of rotatable bonds is 12. The molecule has 0 saturated heterocycles. The van der Waals surface area contributed by atoms with Crippen molar-refractivity contribution in [2.45, 2.75) is 77.6 Å². The summed E-state index contributed by atoms with van der Waals surface area (Å²) in [4.78, 5) is 11.3. The molecule has 0 fully saturated rings. The van der Waals surface area contributed by atoms with Crippen LogP contribution in [-0.2, 0) is 5.41 Å². The maximum atomic E-state index is 11.3. The number of benzene rings is 3. The molecule has 0 unspecified atom stereocenters. The van der Waals surface area contributed by atoms with Crippen molar-refractivity contribution in [1.82, 2.24) is 0 Å². The van der Waals surface area contributed by atoms with Gasteiger partial charge >= 0.3 is 5.97 Å². The number of unbranched alkanes of at least 4 members (excludes halogenated alkanes) is 6. The monoisotopic (exact) mass is 446 g/mol. The quantitative estimate of drug-likeness (QED) is 0.283. The SMILES string of the molecule is CCCCCCCCCC(C)(C)c1cc(-c2ccc3cc(C(=O)O)ccc3c2)ccc1OC. The number of hydrogen-bond acceptors (Lipinski definition) is 2. The van der Waals surface area contributed by atoms with Crippen LogP contribution in [-0.4, -0.2) is 18.2 Å². The smallest absolute Gasteiger partial charge is 0.335 e. The van der Waals surface area contributed by atoms with Crippen LogP contribution in [0.5, 0.6) is 5.75 Å². The molecule has 0 aliphatic carbocycles. The van der Waals surface area contributed by atoms with Crippen molar-refractivity contribution in [1.29, 1.82) is 0 Å². The Morgan fingerprint density at radius 3 is 2.12 bits per heavy atom. The number of carbonyl (C=O) groups is 1. The number of carboxylic acid groups (broad SMARTS) is 1. The van der Waals surface area contributed by atoms with Crippen LogP contribution in [0.2, 0.25) is 0 Å². The second kappa shape index (κ2) is 11.4. The Bertz CT molecular complexity index is 1080. The van der Waals surface area contributed by atoms with Crippen LogP contribution in [0.25, 0.3) is 21.9 Å². The highest BCUT2D eigenvalue weighted by molar-refractivity contribution is 5.95. The van der Waals surface area contributed by atoms with E-state index in [0.717, 1.165) is 34.1 Å². The van der Waals surface area contributed by atoms with Gasteiger partial charge in [-0.1, -0.05) is 90.0 Å². The third kappa shape index (κ3) is 6.37. The summed E-state index contributed by atoms with van der Waals surface area (Å²) < 4.78 is 5.74. The minimum Gasteiger partial charge on any atom is -0.496 e. The summed E-state index contributed by atoms with van der Waals surface area (Å²) in [5.74, 6) is 0.0440. The van der Waals surface area contributed by atoms with E-state index >= 15 is 0 Å². The highest BCUT2D eigenvalue weighted by atomic mass is 16.5. The van der Waals surface area contributed by atoms with Crippen molar-refractivity contribution in [2.75, 3.05) is 7.11 Å². The van der Waals surface area contributed by atoms with Crippen molar-refractivity contribution in [3.8, 4) is 16.9 Å². The lowest BCUT2D eigenvalue weighted by atomic mass is 9.78. The van der Waals surface area contributed by atoms with Crippen LogP contribution >= 0.6 is 0 Å². The molecule has 0 aromatic heterocycles. The van der Waals surface area contributed by atoms with E-state index in [1.54, 1.807) is 19.2 Å². The van der Waals surface area contributed by atoms with Gasteiger partial charge in [0, 0.05) is 5.56 Å². The van der Waals surface area contributed by atoms with E-state index in [4.69, 9.17) is 4.74 Å². The van der Waals surface area contributed by atoms with Gasteiger partial charge in [0.2, 0.25) is 0 Å². The first kappa shape index (κ1) is 24.8. The molecular formula is C30H38O3. The molecule has 1 N–H and O–H groups in total. The summed E-state index contributed by atoms with van der Waals surface area (Å²) in [5.41, 5.74) is 3.87. The Kier molecular flexibility index (Phi) is 8.55.